The Labute approximate surface area is 257 Å². The maximum Gasteiger partial charge on any atom is 0.251 e. The lowest BCUT2D eigenvalue weighted by molar-refractivity contribution is -0.344. The molecule has 2 fully saturated rings. The fourth-order valence-electron chi connectivity index (χ4n) is 5.71. The van der Waals surface area contributed by atoms with Crippen molar-refractivity contribution in [1.82, 2.24) is 20.3 Å². The van der Waals surface area contributed by atoms with Gasteiger partial charge in [0.15, 0.2) is 17.5 Å². The molecule has 44 heavy (non-hydrogen) atoms. The summed E-state index contributed by atoms with van der Waals surface area (Å²) in [6.45, 7) is -0.614. The molecule has 3 heterocycles. The number of carbonyl (C=O) groups excluding carboxylic acids is 1. The van der Waals surface area contributed by atoms with E-state index in [2.05, 4.69) is 31.6 Å². The molecule has 0 bridgehead atoms. The maximum absolute atomic E-state index is 13.9. The fourth-order valence-corrected chi connectivity index (χ4v) is 6.22. The second-order valence-electron chi connectivity index (χ2n) is 10.5. The first-order valence-electron chi connectivity index (χ1n) is 13.6. The lowest BCUT2D eigenvalue weighted by Crippen LogP contribution is -2.69. The Kier molecular flexibility index (Phi) is 8.30. The summed E-state index contributed by atoms with van der Waals surface area (Å²) in [4.78, 5) is 13.5. The van der Waals surface area contributed by atoms with Crippen LogP contribution < -0.4 is 5.32 Å². The van der Waals surface area contributed by atoms with E-state index < -0.39 is 66.1 Å². The summed E-state index contributed by atoms with van der Waals surface area (Å²) in [5.41, 5.74) is 1.80. The van der Waals surface area contributed by atoms with E-state index in [0.29, 0.717) is 5.56 Å². The lowest BCUT2D eigenvalue weighted by atomic mass is 9.86. The molecule has 1 aromatic heterocycles. The Bertz CT molecular complexity index is 1690. The first kappa shape index (κ1) is 30.4. The van der Waals surface area contributed by atoms with Gasteiger partial charge in [0.1, 0.15) is 30.0 Å². The first-order valence-corrected chi connectivity index (χ1v) is 14.4. The van der Waals surface area contributed by atoms with Gasteiger partial charge in [-0.2, -0.15) is 0 Å². The molecule has 4 aromatic rings. The van der Waals surface area contributed by atoms with E-state index in [1.807, 2.05) is 30.3 Å². The summed E-state index contributed by atoms with van der Waals surface area (Å²) in [5.74, 6) is -6.89. The van der Waals surface area contributed by atoms with Crippen molar-refractivity contribution in [2.24, 2.45) is 0 Å². The number of benzene rings is 3. The van der Waals surface area contributed by atoms with Crippen LogP contribution in [0, 0.1) is 17.5 Å². The molecule has 1 spiro atoms. The van der Waals surface area contributed by atoms with Crippen LogP contribution >= 0.6 is 15.9 Å². The second-order valence-corrected chi connectivity index (χ2v) is 11.4. The van der Waals surface area contributed by atoms with Gasteiger partial charge in [-0.05, 0) is 47.9 Å². The van der Waals surface area contributed by atoms with Crippen molar-refractivity contribution >= 4 is 21.8 Å². The Balaban J connectivity index is 1.29. The van der Waals surface area contributed by atoms with Gasteiger partial charge in [0.25, 0.3) is 5.91 Å². The van der Waals surface area contributed by atoms with Crippen LogP contribution in [0.1, 0.15) is 22.8 Å². The minimum atomic E-state index is -1.91. The highest BCUT2D eigenvalue weighted by atomic mass is 79.9. The predicted octanol–water partition coefficient (Wildman–Crippen LogP) is 3.36. The molecule has 2 aliphatic heterocycles. The van der Waals surface area contributed by atoms with Gasteiger partial charge in [-0.3, -0.25) is 4.79 Å². The molecule has 14 heteroatoms. The summed E-state index contributed by atoms with van der Waals surface area (Å²) in [6.07, 6.45) is -3.07. The van der Waals surface area contributed by atoms with Crippen LogP contribution in [-0.4, -0.2) is 79.6 Å². The lowest BCUT2D eigenvalue weighted by Gasteiger charge is -2.49. The second kappa shape index (κ2) is 12.0. The topological polar surface area (TPSA) is 139 Å². The molecular formula is C30H26BrF3N4O6. The predicted molar refractivity (Wildman–Crippen MR) is 152 cm³/mol. The molecule has 3 aromatic carbocycles. The van der Waals surface area contributed by atoms with Gasteiger partial charge in [0.05, 0.1) is 25.5 Å². The van der Waals surface area contributed by atoms with Crippen molar-refractivity contribution < 1.29 is 42.8 Å². The zero-order valence-electron chi connectivity index (χ0n) is 22.8. The van der Waals surface area contributed by atoms with Crippen molar-refractivity contribution in [2.75, 3.05) is 13.2 Å². The number of hydrogen-bond acceptors (Lipinski definition) is 8. The SMILES string of the molecule is O=C(N[C@@H]1CCO[C@]12O[C@H](CO)[C@H](O)[C@H](n1cc(-c3cc(F)c(F)c(F)c3)nn1)[C@H]2O)c1cccc(-c2ccccc2Br)c1. The van der Waals surface area contributed by atoms with Gasteiger partial charge in [-0.15, -0.1) is 5.10 Å². The number of aliphatic hydroxyl groups excluding tert-OH is 3. The van der Waals surface area contributed by atoms with E-state index in [9.17, 15) is 33.3 Å². The minimum Gasteiger partial charge on any atom is -0.394 e. The van der Waals surface area contributed by atoms with Gasteiger partial charge in [0, 0.05) is 15.6 Å². The van der Waals surface area contributed by atoms with Gasteiger partial charge in [0.2, 0.25) is 5.79 Å². The zero-order chi connectivity index (χ0) is 31.2. The van der Waals surface area contributed by atoms with Crippen molar-refractivity contribution in [3.05, 3.63) is 94.3 Å². The number of amides is 1. The van der Waals surface area contributed by atoms with E-state index in [1.54, 1.807) is 18.2 Å². The van der Waals surface area contributed by atoms with Crippen LogP contribution in [0.5, 0.6) is 0 Å². The molecule has 10 nitrogen and oxygen atoms in total. The molecule has 4 N–H and O–H groups in total. The summed E-state index contributed by atoms with van der Waals surface area (Å²) < 4.78 is 55.0. The normalized spacial score (nSPS) is 26.7. The highest BCUT2D eigenvalue weighted by Crippen LogP contribution is 2.43. The van der Waals surface area contributed by atoms with E-state index >= 15 is 0 Å². The van der Waals surface area contributed by atoms with E-state index in [1.165, 1.54) is 6.20 Å². The standard InChI is InChI=1S/C30H26BrF3N4O6/c31-19-7-2-1-6-18(19)15-4-3-5-16(10-15)29(42)35-24-8-9-43-30(24)28(41)26(27(40)23(14-39)44-30)38-13-22(36-37-38)17-11-20(32)25(34)21(33)12-17/h1-7,10-13,23-24,26-28,39-41H,8-9,14H2,(H,35,42)/t23-,24-,26+,27+,28-,30+/m1/s1. The third kappa shape index (κ3) is 5.31. The fraction of sp³-hybridized carbons (Fsp3) is 0.300. The molecule has 6 rings (SSSR count). The number of nitrogens with one attached hydrogen (secondary N) is 1. The molecule has 0 unspecified atom stereocenters. The number of halogens is 4. The number of aliphatic hydroxyl groups is 3. The summed E-state index contributed by atoms with van der Waals surface area (Å²) in [6, 6.07) is 13.7. The van der Waals surface area contributed by atoms with Crippen LogP contribution in [0.3, 0.4) is 0 Å². The molecule has 0 aliphatic carbocycles. The van der Waals surface area contributed by atoms with Crippen LogP contribution in [0.15, 0.2) is 71.3 Å². The number of hydrogen-bond donors (Lipinski definition) is 4. The van der Waals surface area contributed by atoms with Crippen molar-refractivity contribution in [1.29, 1.82) is 0 Å². The van der Waals surface area contributed by atoms with E-state index in [0.717, 1.165) is 32.4 Å². The average Bonchev–Trinajstić information content (AvgIpc) is 3.66. The third-order valence-corrected chi connectivity index (χ3v) is 8.60. The minimum absolute atomic E-state index is 0.0662. The first-order chi connectivity index (χ1) is 21.1. The maximum atomic E-state index is 13.9. The highest BCUT2D eigenvalue weighted by Gasteiger charge is 2.62. The van der Waals surface area contributed by atoms with Crippen LogP contribution in [0.2, 0.25) is 0 Å². The monoisotopic (exact) mass is 674 g/mol. The number of aromatic nitrogens is 3. The van der Waals surface area contributed by atoms with Gasteiger partial charge < -0.3 is 30.1 Å². The van der Waals surface area contributed by atoms with Crippen LogP contribution in [-0.2, 0) is 9.47 Å². The molecule has 0 radical (unpaired) electrons. The molecule has 2 saturated heterocycles. The molecular weight excluding hydrogens is 649 g/mol. The largest absolute Gasteiger partial charge is 0.394 e. The third-order valence-electron chi connectivity index (χ3n) is 7.91. The Hall–Kier alpha value is -3.66. The van der Waals surface area contributed by atoms with E-state index in [-0.39, 0.29) is 24.3 Å². The van der Waals surface area contributed by atoms with Crippen molar-refractivity contribution in [3.8, 4) is 22.4 Å². The molecule has 1 amide bonds. The zero-order valence-corrected chi connectivity index (χ0v) is 24.4. The van der Waals surface area contributed by atoms with Crippen LogP contribution in [0.25, 0.3) is 22.4 Å². The summed E-state index contributed by atoms with van der Waals surface area (Å²) in [7, 11) is 0. The average molecular weight is 675 g/mol. The summed E-state index contributed by atoms with van der Waals surface area (Å²) >= 11 is 3.52. The quantitative estimate of drug-likeness (QED) is 0.229. The summed E-state index contributed by atoms with van der Waals surface area (Å²) in [5, 5.41) is 43.4. The smallest absolute Gasteiger partial charge is 0.251 e. The van der Waals surface area contributed by atoms with Crippen LogP contribution in [0.4, 0.5) is 13.2 Å². The number of rotatable bonds is 6. The number of ether oxygens (including phenoxy) is 2. The van der Waals surface area contributed by atoms with Gasteiger partial charge in [-0.25, -0.2) is 17.9 Å². The highest BCUT2D eigenvalue weighted by molar-refractivity contribution is 9.10. The number of nitrogens with zero attached hydrogens (tertiary/aromatic N) is 3. The van der Waals surface area contributed by atoms with Gasteiger partial charge in [-0.1, -0.05) is 51.5 Å². The van der Waals surface area contributed by atoms with Gasteiger partial charge >= 0.3 is 0 Å². The molecule has 2 aliphatic rings. The Morgan fingerprint density at radius 2 is 1.82 bits per heavy atom. The van der Waals surface area contributed by atoms with Crippen molar-refractivity contribution in [3.63, 3.8) is 0 Å². The molecule has 0 saturated carbocycles. The van der Waals surface area contributed by atoms with E-state index in [4.69, 9.17) is 9.47 Å². The number of carbonyl (C=O) groups is 1. The molecule has 230 valence electrons. The Morgan fingerprint density at radius 3 is 2.55 bits per heavy atom. The van der Waals surface area contributed by atoms with Crippen molar-refractivity contribution in [2.45, 2.75) is 42.6 Å². The Morgan fingerprint density at radius 1 is 1.07 bits per heavy atom. The molecule has 6 atom stereocenters.